The standard InChI is InChI=1S/C15H10N2O3/c18-14(17-11-5-7-16-8-6-11)12-9-10-3-1-2-4-13(10)20-15(12)19/h1-9H,(H,16,17,18)/p+1. The minimum absolute atomic E-state index is 0.0171. The van der Waals surface area contributed by atoms with Crippen molar-refractivity contribution < 1.29 is 14.2 Å². The third-order valence-corrected chi connectivity index (χ3v) is 2.86. The molecule has 0 aliphatic heterocycles. The fourth-order valence-electron chi connectivity index (χ4n) is 1.89. The smallest absolute Gasteiger partial charge is 0.349 e. The molecule has 3 rings (SSSR count). The highest BCUT2D eigenvalue weighted by molar-refractivity contribution is 6.05. The Morgan fingerprint density at radius 1 is 1.10 bits per heavy atom. The number of amides is 1. The highest BCUT2D eigenvalue weighted by Gasteiger charge is 2.13. The van der Waals surface area contributed by atoms with Gasteiger partial charge in [-0.3, -0.25) is 4.79 Å². The molecule has 1 aromatic carbocycles. The quantitative estimate of drug-likeness (QED) is 0.720. The number of benzene rings is 1. The molecule has 2 aromatic heterocycles. The van der Waals surface area contributed by atoms with Crippen LogP contribution in [0.3, 0.4) is 0 Å². The molecule has 5 nitrogen and oxygen atoms in total. The lowest BCUT2D eigenvalue weighted by Crippen LogP contribution is -2.20. The van der Waals surface area contributed by atoms with Gasteiger partial charge in [-0.05, 0) is 12.1 Å². The number of aromatic amines is 1. The third-order valence-electron chi connectivity index (χ3n) is 2.86. The van der Waals surface area contributed by atoms with Gasteiger partial charge in [0.1, 0.15) is 11.1 Å². The zero-order valence-corrected chi connectivity index (χ0v) is 10.4. The average molecular weight is 267 g/mol. The number of anilines is 1. The summed E-state index contributed by atoms with van der Waals surface area (Å²) in [7, 11) is 0. The lowest BCUT2D eigenvalue weighted by atomic mass is 10.2. The van der Waals surface area contributed by atoms with Crippen molar-refractivity contribution >= 4 is 22.6 Å². The maximum absolute atomic E-state index is 12.1. The Morgan fingerprint density at radius 3 is 2.65 bits per heavy atom. The van der Waals surface area contributed by atoms with Crippen LogP contribution in [0.5, 0.6) is 0 Å². The molecule has 2 N–H and O–H groups in total. The van der Waals surface area contributed by atoms with E-state index >= 15 is 0 Å². The van der Waals surface area contributed by atoms with Crippen molar-refractivity contribution in [3.63, 3.8) is 0 Å². The third kappa shape index (κ3) is 2.29. The van der Waals surface area contributed by atoms with E-state index in [1.165, 1.54) is 6.07 Å². The first kappa shape index (κ1) is 12.1. The highest BCUT2D eigenvalue weighted by atomic mass is 16.4. The fraction of sp³-hybridized carbons (Fsp3) is 0. The van der Waals surface area contributed by atoms with E-state index in [0.717, 1.165) is 0 Å². The number of carbonyl (C=O) groups is 1. The molecule has 20 heavy (non-hydrogen) atoms. The van der Waals surface area contributed by atoms with Crippen molar-refractivity contribution in [2.75, 3.05) is 5.32 Å². The predicted molar refractivity (Wildman–Crippen MR) is 73.4 cm³/mol. The van der Waals surface area contributed by atoms with Crippen molar-refractivity contribution in [1.82, 2.24) is 0 Å². The Kier molecular flexibility index (Phi) is 3.01. The number of fused-ring (bicyclic) bond motifs is 1. The van der Waals surface area contributed by atoms with E-state index in [9.17, 15) is 9.59 Å². The topological polar surface area (TPSA) is 73.5 Å². The summed E-state index contributed by atoms with van der Waals surface area (Å²) in [6, 6.07) is 12.0. The molecule has 5 heteroatoms. The minimum atomic E-state index is -0.649. The second-order valence-corrected chi connectivity index (χ2v) is 4.23. The van der Waals surface area contributed by atoms with Crippen LogP contribution >= 0.6 is 0 Å². The Bertz CT molecular complexity index is 825. The largest absolute Gasteiger partial charge is 0.422 e. The van der Waals surface area contributed by atoms with Crippen LogP contribution in [-0.2, 0) is 0 Å². The number of hydrogen-bond acceptors (Lipinski definition) is 3. The molecular formula is C15H11N2O3+. The summed E-state index contributed by atoms with van der Waals surface area (Å²) in [5, 5.41) is 3.35. The zero-order valence-electron chi connectivity index (χ0n) is 10.4. The van der Waals surface area contributed by atoms with Crippen molar-refractivity contribution in [3.8, 4) is 0 Å². The van der Waals surface area contributed by atoms with Crippen LogP contribution in [0, 0.1) is 0 Å². The van der Waals surface area contributed by atoms with Crippen LogP contribution in [0.15, 0.2) is 64.1 Å². The molecule has 0 radical (unpaired) electrons. The van der Waals surface area contributed by atoms with Crippen LogP contribution in [0.25, 0.3) is 11.0 Å². The van der Waals surface area contributed by atoms with Gasteiger partial charge in [0, 0.05) is 17.5 Å². The average Bonchev–Trinajstić information content (AvgIpc) is 2.47. The minimum Gasteiger partial charge on any atom is -0.422 e. The molecule has 0 bridgehead atoms. The zero-order chi connectivity index (χ0) is 13.9. The van der Waals surface area contributed by atoms with Gasteiger partial charge < -0.3 is 9.73 Å². The van der Waals surface area contributed by atoms with Gasteiger partial charge >= 0.3 is 5.63 Å². The Labute approximate surface area is 113 Å². The molecule has 0 spiro atoms. The van der Waals surface area contributed by atoms with Crippen molar-refractivity contribution in [2.45, 2.75) is 0 Å². The van der Waals surface area contributed by atoms with Crippen LogP contribution in [0.4, 0.5) is 5.69 Å². The van der Waals surface area contributed by atoms with Crippen LogP contribution < -0.4 is 15.9 Å². The van der Waals surface area contributed by atoms with E-state index in [1.54, 1.807) is 42.7 Å². The summed E-state index contributed by atoms with van der Waals surface area (Å²) in [6.07, 6.45) is 3.36. The Hall–Kier alpha value is -2.95. The first-order valence-corrected chi connectivity index (χ1v) is 6.04. The van der Waals surface area contributed by atoms with Gasteiger partial charge in [0.15, 0.2) is 12.4 Å². The van der Waals surface area contributed by atoms with E-state index in [2.05, 4.69) is 10.3 Å². The molecule has 98 valence electrons. The lowest BCUT2D eigenvalue weighted by Gasteiger charge is -2.03. The van der Waals surface area contributed by atoms with Gasteiger partial charge in [-0.15, -0.1) is 0 Å². The number of nitrogens with one attached hydrogen (secondary N) is 2. The van der Waals surface area contributed by atoms with E-state index in [1.807, 2.05) is 6.07 Å². The molecule has 0 fully saturated rings. The monoisotopic (exact) mass is 267 g/mol. The molecule has 2 heterocycles. The fourth-order valence-corrected chi connectivity index (χ4v) is 1.89. The van der Waals surface area contributed by atoms with E-state index in [-0.39, 0.29) is 5.56 Å². The molecule has 1 amide bonds. The van der Waals surface area contributed by atoms with Crippen LogP contribution in [0.1, 0.15) is 10.4 Å². The molecule has 0 aliphatic carbocycles. The molecule has 0 aliphatic rings. The van der Waals surface area contributed by atoms with Gasteiger partial charge in [-0.2, -0.15) is 0 Å². The van der Waals surface area contributed by atoms with E-state index in [4.69, 9.17) is 4.42 Å². The molecular weight excluding hydrogens is 256 g/mol. The summed E-state index contributed by atoms with van der Waals surface area (Å²) in [4.78, 5) is 26.8. The van der Waals surface area contributed by atoms with Crippen LogP contribution in [-0.4, -0.2) is 5.91 Å². The summed E-state index contributed by atoms with van der Waals surface area (Å²) in [6.45, 7) is 0. The maximum atomic E-state index is 12.1. The number of H-pyrrole nitrogens is 1. The number of carbonyl (C=O) groups excluding carboxylic acids is 1. The van der Waals surface area contributed by atoms with Gasteiger partial charge in [-0.25, -0.2) is 9.78 Å². The van der Waals surface area contributed by atoms with Gasteiger partial charge in [0.2, 0.25) is 0 Å². The normalized spacial score (nSPS) is 10.4. The van der Waals surface area contributed by atoms with Crippen molar-refractivity contribution in [1.29, 1.82) is 0 Å². The SMILES string of the molecule is O=C(Nc1cc[nH+]cc1)c1cc2ccccc2oc1=O. The number of para-hydroxylation sites is 1. The summed E-state index contributed by atoms with van der Waals surface area (Å²) < 4.78 is 5.13. The highest BCUT2D eigenvalue weighted by Crippen LogP contribution is 2.13. The van der Waals surface area contributed by atoms with E-state index < -0.39 is 11.5 Å². The van der Waals surface area contributed by atoms with E-state index in [0.29, 0.717) is 16.7 Å². The molecule has 0 saturated carbocycles. The number of hydrogen-bond donors (Lipinski definition) is 1. The van der Waals surface area contributed by atoms with Crippen molar-refractivity contribution in [3.05, 3.63) is 70.8 Å². The lowest BCUT2D eigenvalue weighted by molar-refractivity contribution is -0.377. The maximum Gasteiger partial charge on any atom is 0.349 e. The first-order chi connectivity index (χ1) is 9.74. The molecule has 0 atom stereocenters. The Morgan fingerprint density at radius 2 is 1.85 bits per heavy atom. The molecule has 0 unspecified atom stereocenters. The number of aromatic nitrogens is 1. The predicted octanol–water partition coefficient (Wildman–Crippen LogP) is 1.86. The van der Waals surface area contributed by atoms with Crippen LogP contribution in [0.2, 0.25) is 0 Å². The second kappa shape index (κ2) is 4.97. The number of rotatable bonds is 2. The van der Waals surface area contributed by atoms with Gasteiger partial charge in [0.25, 0.3) is 5.91 Å². The molecule has 3 aromatic rings. The van der Waals surface area contributed by atoms with Crippen molar-refractivity contribution in [2.24, 2.45) is 0 Å². The first-order valence-electron chi connectivity index (χ1n) is 6.04. The Balaban J connectivity index is 1.99. The number of pyridine rings is 1. The second-order valence-electron chi connectivity index (χ2n) is 4.23. The summed E-state index contributed by atoms with van der Waals surface area (Å²) in [5.41, 5.74) is 0.393. The van der Waals surface area contributed by atoms with Gasteiger partial charge in [-0.1, -0.05) is 18.2 Å². The summed E-state index contributed by atoms with van der Waals surface area (Å²) in [5.74, 6) is -0.490. The molecule has 0 saturated heterocycles. The van der Waals surface area contributed by atoms with Gasteiger partial charge in [0.05, 0.1) is 5.69 Å². The summed E-state index contributed by atoms with van der Waals surface area (Å²) >= 11 is 0.